The normalized spacial score (nSPS) is 21.9. The first-order valence-electron chi connectivity index (χ1n) is 20.3. The Morgan fingerprint density at radius 3 is 1.13 bits per heavy atom. The average Bonchev–Trinajstić information content (AvgIpc) is 3.39. The van der Waals surface area contributed by atoms with Crippen LogP contribution < -0.4 is 0 Å². The van der Waals surface area contributed by atoms with E-state index in [1.807, 2.05) is 0 Å². The minimum Gasteiger partial charge on any atom is -0.375 e. The van der Waals surface area contributed by atoms with Gasteiger partial charge in [-0.15, -0.1) is 0 Å². The van der Waals surface area contributed by atoms with Crippen LogP contribution in [0.2, 0.25) is 0 Å². The van der Waals surface area contributed by atoms with Crippen molar-refractivity contribution >= 4 is 0 Å². The maximum Gasteiger partial charge on any atom is 0.0884 e. The summed E-state index contributed by atoms with van der Waals surface area (Å²) in [6.45, 7) is 8.73. The van der Waals surface area contributed by atoms with Crippen molar-refractivity contribution in [2.75, 3.05) is 33.4 Å². The molecule has 1 aliphatic heterocycles. The third kappa shape index (κ3) is 20.3. The Morgan fingerprint density at radius 2 is 0.761 bits per heavy atom. The van der Waals surface area contributed by atoms with E-state index in [1.165, 1.54) is 154 Å². The molecule has 4 atom stereocenters. The molecule has 46 heavy (non-hydrogen) atoms. The summed E-state index contributed by atoms with van der Waals surface area (Å²) < 4.78 is 13.0. The second-order valence-electron chi connectivity index (χ2n) is 14.4. The van der Waals surface area contributed by atoms with Crippen LogP contribution in [0.4, 0.5) is 0 Å². The van der Waals surface area contributed by atoms with Crippen LogP contribution in [-0.4, -0.2) is 50.5 Å². The molecule has 0 N–H and O–H groups in total. The summed E-state index contributed by atoms with van der Waals surface area (Å²) in [5.74, 6) is 1.38. The number of hydrogen-bond acceptors (Lipinski definition) is 3. The van der Waals surface area contributed by atoms with Crippen LogP contribution in [0.15, 0.2) is 48.6 Å². The zero-order chi connectivity index (χ0) is 32.8. The average molecular weight is 640 g/mol. The summed E-state index contributed by atoms with van der Waals surface area (Å²) >= 11 is 0. The molecule has 2 aliphatic rings. The highest BCUT2D eigenvalue weighted by Crippen LogP contribution is 2.44. The molecule has 3 heteroatoms. The van der Waals surface area contributed by atoms with Crippen LogP contribution >= 0.6 is 0 Å². The third-order valence-electron chi connectivity index (χ3n) is 10.1. The van der Waals surface area contributed by atoms with Gasteiger partial charge in [-0.25, -0.2) is 0 Å². The second-order valence-corrected chi connectivity index (χ2v) is 14.4. The molecule has 0 spiro atoms. The Bertz CT molecular complexity index is 722. The number of ether oxygens (including phenoxy) is 2. The molecule has 2 fully saturated rings. The SMILES string of the molecule is CCCCC/C=C\C/C=C\CCCCCCCCO[C@@H]1[C@@H]2CN(C)C[C@@H]2[C@@H]1OCCCCCCCC/C=C\C/C=C\CCCCC. The first kappa shape index (κ1) is 41.0. The molecule has 1 aliphatic carbocycles. The van der Waals surface area contributed by atoms with Crippen LogP contribution in [0.1, 0.15) is 168 Å². The van der Waals surface area contributed by atoms with Gasteiger partial charge in [-0.1, -0.05) is 140 Å². The second kappa shape index (κ2) is 29.9. The summed E-state index contributed by atoms with van der Waals surface area (Å²) in [6, 6.07) is 0. The first-order chi connectivity index (χ1) is 22.8. The number of rotatable bonds is 32. The van der Waals surface area contributed by atoms with E-state index in [0.29, 0.717) is 24.0 Å². The maximum atomic E-state index is 6.48. The number of unbranched alkanes of at least 4 members (excludes halogenated alkanes) is 18. The standard InChI is InChI=1S/C43H77NO2/c1-4-6-8-10-12-14-16-18-20-22-24-26-28-30-32-34-36-45-42-40-38-44(3)39-41(40)43(42)46-37-35-33-31-29-27-25-23-21-19-17-15-13-11-9-7-5-2/h12-15,18-21,40-43H,4-11,16-17,22-39H2,1-3H3/b14-12-,15-13-,20-18-,21-19-/t40-,41+,42-,43+. The van der Waals surface area contributed by atoms with E-state index in [9.17, 15) is 0 Å². The van der Waals surface area contributed by atoms with Crippen molar-refractivity contribution in [2.45, 2.75) is 180 Å². The van der Waals surface area contributed by atoms with E-state index in [2.05, 4.69) is 74.4 Å². The van der Waals surface area contributed by atoms with Crippen LogP contribution in [0, 0.1) is 11.8 Å². The highest BCUT2D eigenvalue weighted by molar-refractivity contribution is 5.05. The van der Waals surface area contributed by atoms with Crippen molar-refractivity contribution in [1.82, 2.24) is 4.90 Å². The van der Waals surface area contributed by atoms with Crippen molar-refractivity contribution in [2.24, 2.45) is 11.8 Å². The molecule has 0 aromatic heterocycles. The summed E-state index contributed by atoms with van der Waals surface area (Å²) in [6.07, 6.45) is 50.5. The van der Waals surface area contributed by atoms with E-state index in [1.54, 1.807) is 0 Å². The molecule has 1 heterocycles. The highest BCUT2D eigenvalue weighted by atomic mass is 16.5. The fourth-order valence-electron chi connectivity index (χ4n) is 7.16. The summed E-state index contributed by atoms with van der Waals surface area (Å²) in [7, 11) is 2.26. The monoisotopic (exact) mass is 640 g/mol. The van der Waals surface area contributed by atoms with E-state index in [4.69, 9.17) is 9.47 Å². The quantitative estimate of drug-likeness (QED) is 0.0540. The molecule has 266 valence electrons. The van der Waals surface area contributed by atoms with E-state index in [0.717, 1.165) is 26.1 Å². The van der Waals surface area contributed by atoms with Gasteiger partial charge < -0.3 is 14.4 Å². The van der Waals surface area contributed by atoms with Crippen molar-refractivity contribution < 1.29 is 9.47 Å². The van der Waals surface area contributed by atoms with Crippen LogP contribution in [0.5, 0.6) is 0 Å². The minimum atomic E-state index is 0.331. The van der Waals surface area contributed by atoms with Gasteiger partial charge in [0.05, 0.1) is 12.2 Å². The van der Waals surface area contributed by atoms with E-state index >= 15 is 0 Å². The van der Waals surface area contributed by atoms with Crippen LogP contribution in [0.25, 0.3) is 0 Å². The van der Waals surface area contributed by atoms with Gasteiger partial charge in [-0.2, -0.15) is 0 Å². The number of nitrogens with zero attached hydrogens (tertiary/aromatic N) is 1. The molecule has 3 nitrogen and oxygen atoms in total. The van der Waals surface area contributed by atoms with Gasteiger partial charge in [0.1, 0.15) is 0 Å². The minimum absolute atomic E-state index is 0.331. The molecule has 0 radical (unpaired) electrons. The third-order valence-corrected chi connectivity index (χ3v) is 10.1. The van der Waals surface area contributed by atoms with Crippen molar-refractivity contribution in [3.8, 4) is 0 Å². The fourth-order valence-corrected chi connectivity index (χ4v) is 7.16. The lowest BCUT2D eigenvalue weighted by atomic mass is 9.70. The summed E-state index contributed by atoms with van der Waals surface area (Å²) in [5.41, 5.74) is 0. The van der Waals surface area contributed by atoms with Gasteiger partial charge in [-0.3, -0.25) is 0 Å². The Hall–Kier alpha value is -1.16. The fraction of sp³-hybridized carbons (Fsp3) is 0.814. The smallest absolute Gasteiger partial charge is 0.0884 e. The van der Waals surface area contributed by atoms with Crippen molar-refractivity contribution in [3.05, 3.63) is 48.6 Å². The van der Waals surface area contributed by atoms with E-state index in [-0.39, 0.29) is 0 Å². The Balaban J connectivity index is 1.40. The van der Waals surface area contributed by atoms with Gasteiger partial charge in [0.25, 0.3) is 0 Å². The highest BCUT2D eigenvalue weighted by Gasteiger charge is 2.55. The first-order valence-corrected chi connectivity index (χ1v) is 20.3. The number of allylic oxidation sites excluding steroid dienone is 8. The molecular formula is C43H77NO2. The molecule has 0 aromatic carbocycles. The van der Waals surface area contributed by atoms with Gasteiger partial charge in [0.2, 0.25) is 0 Å². The largest absolute Gasteiger partial charge is 0.375 e. The summed E-state index contributed by atoms with van der Waals surface area (Å²) in [5, 5.41) is 0. The number of likely N-dealkylation sites (tertiary alicyclic amines) is 1. The lowest BCUT2D eigenvalue weighted by Crippen LogP contribution is -2.57. The topological polar surface area (TPSA) is 21.7 Å². The predicted octanol–water partition coefficient (Wildman–Crippen LogP) is 12.6. The number of hydrogen-bond donors (Lipinski definition) is 0. The Labute approximate surface area is 287 Å². The lowest BCUT2D eigenvalue weighted by Gasteiger charge is -2.47. The molecular weight excluding hydrogens is 562 g/mol. The predicted molar refractivity (Wildman–Crippen MR) is 203 cm³/mol. The van der Waals surface area contributed by atoms with Crippen LogP contribution in [0.3, 0.4) is 0 Å². The van der Waals surface area contributed by atoms with Gasteiger partial charge in [-0.05, 0) is 84.1 Å². The maximum absolute atomic E-state index is 6.48. The molecule has 1 saturated heterocycles. The number of fused-ring (bicyclic) bond motifs is 1. The van der Waals surface area contributed by atoms with Gasteiger partial charge >= 0.3 is 0 Å². The molecule has 0 unspecified atom stereocenters. The molecule has 2 rings (SSSR count). The van der Waals surface area contributed by atoms with E-state index < -0.39 is 0 Å². The van der Waals surface area contributed by atoms with Crippen LogP contribution in [-0.2, 0) is 9.47 Å². The lowest BCUT2D eigenvalue weighted by molar-refractivity contribution is -0.189. The van der Waals surface area contributed by atoms with Gasteiger partial charge in [0, 0.05) is 38.1 Å². The molecule has 1 saturated carbocycles. The van der Waals surface area contributed by atoms with Crippen molar-refractivity contribution in [3.63, 3.8) is 0 Å². The summed E-state index contributed by atoms with van der Waals surface area (Å²) in [4.78, 5) is 2.48. The molecule has 0 amide bonds. The van der Waals surface area contributed by atoms with Gasteiger partial charge in [0.15, 0.2) is 0 Å². The molecule has 0 aromatic rings. The van der Waals surface area contributed by atoms with Crippen molar-refractivity contribution in [1.29, 1.82) is 0 Å². The Kier molecular flexibility index (Phi) is 26.7. The zero-order valence-electron chi connectivity index (χ0n) is 31.0. The zero-order valence-corrected chi connectivity index (χ0v) is 31.0. The Morgan fingerprint density at radius 1 is 0.435 bits per heavy atom. The molecule has 0 bridgehead atoms.